The molecule has 0 amide bonds. The third kappa shape index (κ3) is 2.32. The van der Waals surface area contributed by atoms with E-state index in [4.69, 9.17) is 0 Å². The molecular weight excluding hydrogens is 300 g/mol. The van der Waals surface area contributed by atoms with Crippen molar-refractivity contribution in [3.05, 3.63) is 33.8 Å². The fourth-order valence-corrected chi connectivity index (χ4v) is 2.88. The van der Waals surface area contributed by atoms with Gasteiger partial charge in [0.1, 0.15) is 0 Å². The molecule has 0 unspecified atom stereocenters. The molecule has 1 aromatic carbocycles. The molecule has 3 rings (SSSR count). The van der Waals surface area contributed by atoms with Gasteiger partial charge in [-0.3, -0.25) is 0 Å². The van der Waals surface area contributed by atoms with E-state index >= 15 is 0 Å². The van der Waals surface area contributed by atoms with E-state index in [1.165, 1.54) is 12.8 Å². The van der Waals surface area contributed by atoms with Crippen molar-refractivity contribution >= 4 is 15.9 Å². The van der Waals surface area contributed by atoms with E-state index in [0.29, 0.717) is 25.4 Å². The molecule has 0 spiro atoms. The van der Waals surface area contributed by atoms with Crippen molar-refractivity contribution in [2.75, 3.05) is 0 Å². The summed E-state index contributed by atoms with van der Waals surface area (Å²) in [5, 5.41) is 3.41. The van der Waals surface area contributed by atoms with Crippen LogP contribution < -0.4 is 5.32 Å². The summed E-state index contributed by atoms with van der Waals surface area (Å²) >= 11 is 3.43. The van der Waals surface area contributed by atoms with E-state index in [9.17, 15) is 8.78 Å². The van der Waals surface area contributed by atoms with Crippen LogP contribution in [0.25, 0.3) is 0 Å². The van der Waals surface area contributed by atoms with Crippen molar-refractivity contribution in [3.8, 4) is 0 Å². The number of halogens is 3. The molecule has 2 aliphatic carbocycles. The summed E-state index contributed by atoms with van der Waals surface area (Å²) in [4.78, 5) is 0. The Morgan fingerprint density at radius 2 is 2.06 bits per heavy atom. The van der Waals surface area contributed by atoms with Gasteiger partial charge in [-0.15, -0.1) is 0 Å². The van der Waals surface area contributed by atoms with Crippen LogP contribution in [0, 0.1) is 0 Å². The Bertz CT molecular complexity index is 453. The molecule has 0 radical (unpaired) electrons. The van der Waals surface area contributed by atoms with Crippen molar-refractivity contribution in [3.63, 3.8) is 0 Å². The Morgan fingerprint density at radius 1 is 1.33 bits per heavy atom. The zero-order valence-electron chi connectivity index (χ0n) is 10.1. The second kappa shape index (κ2) is 4.57. The van der Waals surface area contributed by atoms with Crippen LogP contribution in [0.3, 0.4) is 0 Å². The number of nitrogens with one attached hydrogen (secondary N) is 1. The molecule has 0 aromatic heterocycles. The second-order valence-electron chi connectivity index (χ2n) is 5.41. The van der Waals surface area contributed by atoms with Crippen LogP contribution in [-0.2, 0) is 12.0 Å². The normalized spacial score (nSPS) is 21.3. The molecule has 0 saturated heterocycles. The molecule has 98 valence electrons. The highest BCUT2D eigenvalue weighted by molar-refractivity contribution is 9.10. The number of rotatable bonds is 5. The molecule has 4 heteroatoms. The zero-order chi connectivity index (χ0) is 12.8. The average molecular weight is 316 g/mol. The lowest BCUT2D eigenvalue weighted by atomic mass is 9.91. The van der Waals surface area contributed by atoms with Crippen molar-refractivity contribution in [2.45, 2.75) is 50.1 Å². The fourth-order valence-electron chi connectivity index (χ4n) is 2.48. The predicted molar refractivity (Wildman–Crippen MR) is 70.9 cm³/mol. The van der Waals surface area contributed by atoms with Gasteiger partial charge < -0.3 is 5.32 Å². The number of hydrogen-bond donors (Lipinski definition) is 1. The van der Waals surface area contributed by atoms with E-state index in [-0.39, 0.29) is 0 Å². The maximum atomic E-state index is 13.2. The number of hydrogen-bond acceptors (Lipinski definition) is 1. The van der Waals surface area contributed by atoms with Crippen molar-refractivity contribution in [1.82, 2.24) is 5.32 Å². The maximum Gasteiger partial charge on any atom is 0.248 e. The topological polar surface area (TPSA) is 12.0 Å². The lowest BCUT2D eigenvalue weighted by Crippen LogP contribution is -2.23. The molecule has 1 N–H and O–H groups in total. The van der Waals surface area contributed by atoms with Gasteiger partial charge in [-0.1, -0.05) is 22.0 Å². The largest absolute Gasteiger partial charge is 0.310 e. The van der Waals surface area contributed by atoms with Crippen LogP contribution in [0.4, 0.5) is 8.78 Å². The highest BCUT2D eigenvalue weighted by Gasteiger charge is 2.53. The predicted octanol–water partition coefficient (Wildman–Crippen LogP) is 4.00. The zero-order valence-corrected chi connectivity index (χ0v) is 11.6. The van der Waals surface area contributed by atoms with E-state index in [1.54, 1.807) is 0 Å². The summed E-state index contributed by atoms with van der Waals surface area (Å²) in [6, 6.07) is 6.32. The minimum absolute atomic E-state index is 0.596. The van der Waals surface area contributed by atoms with Crippen LogP contribution in [0.15, 0.2) is 22.7 Å². The van der Waals surface area contributed by atoms with E-state index in [1.807, 2.05) is 18.2 Å². The Balaban J connectivity index is 1.87. The van der Waals surface area contributed by atoms with Gasteiger partial charge in [-0.25, -0.2) is 8.78 Å². The van der Waals surface area contributed by atoms with Crippen LogP contribution in [0.2, 0.25) is 0 Å². The molecule has 0 bridgehead atoms. The Kier molecular flexibility index (Phi) is 3.18. The molecule has 18 heavy (non-hydrogen) atoms. The van der Waals surface area contributed by atoms with Gasteiger partial charge in [0.05, 0.1) is 5.41 Å². The van der Waals surface area contributed by atoms with Crippen LogP contribution >= 0.6 is 15.9 Å². The average Bonchev–Trinajstić information content (AvgIpc) is 3.20. The molecular formula is C14H16BrF2N. The minimum atomic E-state index is -2.25. The van der Waals surface area contributed by atoms with Crippen LogP contribution in [-0.4, -0.2) is 12.5 Å². The summed E-state index contributed by atoms with van der Waals surface area (Å²) < 4.78 is 27.4. The minimum Gasteiger partial charge on any atom is -0.310 e. The summed E-state index contributed by atoms with van der Waals surface area (Å²) in [5.74, 6) is 0. The van der Waals surface area contributed by atoms with Gasteiger partial charge in [-0.05, 0) is 48.9 Å². The van der Waals surface area contributed by atoms with E-state index in [2.05, 4.69) is 21.2 Å². The molecule has 2 saturated carbocycles. The van der Waals surface area contributed by atoms with E-state index in [0.717, 1.165) is 15.6 Å². The first-order chi connectivity index (χ1) is 8.62. The van der Waals surface area contributed by atoms with Crippen molar-refractivity contribution in [2.24, 2.45) is 0 Å². The standard InChI is InChI=1S/C14H16BrF2N/c15-10-1-4-12(14(5-6-14)13(16)17)9(7-10)8-18-11-2-3-11/h1,4,7,11,13,18H,2-3,5-6,8H2. The lowest BCUT2D eigenvalue weighted by molar-refractivity contribution is 0.101. The summed E-state index contributed by atoms with van der Waals surface area (Å²) in [5.41, 5.74) is 1.00. The Labute approximate surface area is 114 Å². The summed E-state index contributed by atoms with van der Waals surface area (Å²) in [7, 11) is 0. The smallest absolute Gasteiger partial charge is 0.248 e. The third-order valence-electron chi connectivity index (χ3n) is 3.97. The highest BCUT2D eigenvalue weighted by atomic mass is 79.9. The number of alkyl halides is 2. The lowest BCUT2D eigenvalue weighted by Gasteiger charge is -2.19. The second-order valence-corrected chi connectivity index (χ2v) is 6.33. The van der Waals surface area contributed by atoms with Crippen LogP contribution in [0.5, 0.6) is 0 Å². The van der Waals surface area contributed by atoms with E-state index < -0.39 is 11.8 Å². The SMILES string of the molecule is FC(F)C1(c2ccc(Br)cc2CNC2CC2)CC1. The Morgan fingerprint density at radius 3 is 2.61 bits per heavy atom. The first-order valence-electron chi connectivity index (χ1n) is 6.42. The van der Waals surface area contributed by atoms with Crippen molar-refractivity contribution < 1.29 is 8.78 Å². The van der Waals surface area contributed by atoms with Gasteiger partial charge in [-0.2, -0.15) is 0 Å². The van der Waals surface area contributed by atoms with Crippen molar-refractivity contribution in [1.29, 1.82) is 0 Å². The van der Waals surface area contributed by atoms with Gasteiger partial charge in [0.2, 0.25) is 6.43 Å². The summed E-state index contributed by atoms with van der Waals surface area (Å²) in [6.45, 7) is 0.702. The maximum absolute atomic E-state index is 13.2. The fraction of sp³-hybridized carbons (Fsp3) is 0.571. The Hall–Kier alpha value is -0.480. The molecule has 0 aliphatic heterocycles. The molecule has 1 nitrogen and oxygen atoms in total. The first kappa shape index (κ1) is 12.5. The quantitative estimate of drug-likeness (QED) is 0.866. The molecule has 0 heterocycles. The summed E-state index contributed by atoms with van der Waals surface area (Å²) in [6.07, 6.45) is 1.40. The molecule has 2 fully saturated rings. The third-order valence-corrected chi connectivity index (χ3v) is 4.46. The van der Waals surface area contributed by atoms with Gasteiger partial charge in [0.15, 0.2) is 0 Å². The molecule has 0 atom stereocenters. The molecule has 1 aromatic rings. The number of benzene rings is 1. The van der Waals surface area contributed by atoms with Gasteiger partial charge >= 0.3 is 0 Å². The van der Waals surface area contributed by atoms with Crippen LogP contribution in [0.1, 0.15) is 36.8 Å². The van der Waals surface area contributed by atoms with Gasteiger partial charge in [0, 0.05) is 17.1 Å². The molecule has 2 aliphatic rings. The highest BCUT2D eigenvalue weighted by Crippen LogP contribution is 2.54. The first-order valence-corrected chi connectivity index (χ1v) is 7.21. The monoisotopic (exact) mass is 315 g/mol. The van der Waals surface area contributed by atoms with Gasteiger partial charge in [0.25, 0.3) is 0 Å².